The van der Waals surface area contributed by atoms with Crippen molar-refractivity contribution in [3.63, 3.8) is 0 Å². The average Bonchev–Trinajstić information content (AvgIpc) is 3.72. The van der Waals surface area contributed by atoms with Gasteiger partial charge in [0.15, 0.2) is 4.87 Å². The number of nitrogens with zero attached hydrogens (tertiary/aromatic N) is 5. The molecule has 2 bridgehead atoms. The number of benzene rings is 2. The summed E-state index contributed by atoms with van der Waals surface area (Å²) in [5.74, 6) is -1.38. The van der Waals surface area contributed by atoms with Gasteiger partial charge in [-0.3, -0.25) is 24.1 Å². The number of fused-ring (bicyclic) bond motifs is 11. The number of amides is 4. The van der Waals surface area contributed by atoms with E-state index in [0.717, 1.165) is 27.7 Å². The summed E-state index contributed by atoms with van der Waals surface area (Å²) in [5.41, 5.74) is 2.45. The lowest BCUT2D eigenvalue weighted by atomic mass is 9.89. The summed E-state index contributed by atoms with van der Waals surface area (Å²) in [5, 5.41) is 24.8. The normalized spacial score (nSPS) is 31.6. The molecule has 6 aliphatic rings. The number of nitrogens with one attached hydrogen (secondary N) is 1. The van der Waals surface area contributed by atoms with Crippen LogP contribution in [0.4, 0.5) is 5.69 Å². The summed E-state index contributed by atoms with van der Waals surface area (Å²) < 4.78 is 2.07. The smallest absolute Gasteiger partial charge is 0.270 e. The molecule has 4 saturated heterocycles. The number of aliphatic hydroxyl groups is 2. The zero-order valence-electron chi connectivity index (χ0n) is 25.4. The van der Waals surface area contributed by atoms with Crippen LogP contribution in [0.2, 0.25) is 0 Å². The van der Waals surface area contributed by atoms with Gasteiger partial charge in [0, 0.05) is 55.9 Å². The second-order valence-corrected chi connectivity index (χ2v) is 18.5. The standard InChI is InChI=1S/C31H30N6O6S4/c1-33-23(15-38)25(41)37-22(24(33)40)13-29(19-9-5-6-10-20(19)32-26(29)37)36-14-17(18-8-4-7-11-21(18)36)12-30-27(42)35(3)31(16-39,28(43)34(30)2)45-47-46-44-30/h4-11,13-14,23,26,32,38-39H,12,15-16H2,1-3H3/t23-,26+,29-,30-,31-/m0/s1. The van der Waals surface area contributed by atoms with Gasteiger partial charge in [-0.2, -0.15) is 0 Å². The largest absolute Gasteiger partial charge is 0.394 e. The van der Waals surface area contributed by atoms with Crippen LogP contribution in [0.1, 0.15) is 11.1 Å². The van der Waals surface area contributed by atoms with E-state index >= 15 is 0 Å². The van der Waals surface area contributed by atoms with E-state index in [0.29, 0.717) is 0 Å². The Morgan fingerprint density at radius 2 is 1.53 bits per heavy atom. The van der Waals surface area contributed by atoms with Crippen LogP contribution >= 0.6 is 41.2 Å². The zero-order chi connectivity index (χ0) is 33.0. The van der Waals surface area contributed by atoms with Crippen molar-refractivity contribution in [3.05, 3.63) is 77.6 Å². The van der Waals surface area contributed by atoms with Gasteiger partial charge in [0.25, 0.3) is 23.6 Å². The molecular weight excluding hydrogens is 681 g/mol. The van der Waals surface area contributed by atoms with Crippen molar-refractivity contribution in [2.75, 3.05) is 39.7 Å². The minimum atomic E-state index is -1.42. The molecule has 12 nitrogen and oxygen atoms in total. The molecule has 0 saturated carbocycles. The van der Waals surface area contributed by atoms with Crippen molar-refractivity contribution in [1.82, 2.24) is 24.2 Å². The van der Waals surface area contributed by atoms with Gasteiger partial charge in [-0.15, -0.1) is 0 Å². The van der Waals surface area contributed by atoms with Gasteiger partial charge in [0.1, 0.15) is 23.4 Å². The zero-order valence-corrected chi connectivity index (χ0v) is 28.7. The Morgan fingerprint density at radius 1 is 0.872 bits per heavy atom. The molecular formula is C31H30N6O6S4. The number of rotatable bonds is 5. The third kappa shape index (κ3) is 3.79. The third-order valence-electron chi connectivity index (χ3n) is 10.2. The van der Waals surface area contributed by atoms with E-state index in [1.54, 1.807) is 14.1 Å². The Kier molecular flexibility index (Phi) is 7.00. The summed E-state index contributed by atoms with van der Waals surface area (Å²) in [4.78, 5) is 58.7. The number of hydrogen-bond acceptors (Lipinski definition) is 11. The van der Waals surface area contributed by atoms with Gasteiger partial charge in [-0.1, -0.05) is 36.4 Å². The van der Waals surface area contributed by atoms with Gasteiger partial charge < -0.3 is 34.8 Å². The third-order valence-corrected chi connectivity index (χ3v) is 17.6. The summed E-state index contributed by atoms with van der Waals surface area (Å²) in [6.45, 7) is -1.02. The van der Waals surface area contributed by atoms with Gasteiger partial charge in [0.05, 0.1) is 13.2 Å². The number of carbonyl (C=O) groups is 4. The molecule has 16 heteroatoms. The Labute approximate surface area is 285 Å². The molecule has 1 aromatic heterocycles. The first-order valence-corrected chi connectivity index (χ1v) is 19.7. The van der Waals surface area contributed by atoms with Crippen LogP contribution in [0.25, 0.3) is 10.9 Å². The van der Waals surface area contributed by atoms with Crippen molar-refractivity contribution in [1.29, 1.82) is 0 Å². The van der Waals surface area contributed by atoms with Gasteiger partial charge in [0.2, 0.25) is 4.87 Å². The maximum atomic E-state index is 14.3. The molecule has 9 rings (SSSR count). The number of para-hydroxylation sites is 2. The van der Waals surface area contributed by atoms with E-state index in [1.165, 1.54) is 67.9 Å². The molecule has 6 aliphatic heterocycles. The minimum Gasteiger partial charge on any atom is -0.394 e. The molecule has 4 amide bonds. The molecule has 7 heterocycles. The van der Waals surface area contributed by atoms with E-state index < -0.39 is 40.7 Å². The van der Waals surface area contributed by atoms with Crippen LogP contribution in [0.3, 0.4) is 0 Å². The molecule has 5 atom stereocenters. The molecule has 0 unspecified atom stereocenters. The fourth-order valence-electron chi connectivity index (χ4n) is 7.63. The van der Waals surface area contributed by atoms with E-state index in [2.05, 4.69) is 9.88 Å². The number of piperazine rings is 2. The van der Waals surface area contributed by atoms with Crippen LogP contribution in [0, 0.1) is 0 Å². The van der Waals surface area contributed by atoms with E-state index in [1.807, 2.05) is 60.8 Å². The van der Waals surface area contributed by atoms with E-state index in [-0.39, 0.29) is 35.7 Å². The number of aromatic nitrogens is 1. The molecule has 0 aliphatic carbocycles. The van der Waals surface area contributed by atoms with Crippen molar-refractivity contribution < 1.29 is 29.4 Å². The highest BCUT2D eigenvalue weighted by atomic mass is 33.7. The topological polar surface area (TPSA) is 139 Å². The lowest BCUT2D eigenvalue weighted by molar-refractivity contribution is -0.164. The minimum absolute atomic E-state index is 0.166. The Morgan fingerprint density at radius 3 is 2.28 bits per heavy atom. The molecule has 244 valence electrons. The summed E-state index contributed by atoms with van der Waals surface area (Å²) >= 11 is 0. The monoisotopic (exact) mass is 710 g/mol. The van der Waals surface area contributed by atoms with Crippen LogP contribution in [0.15, 0.2) is 66.5 Å². The quantitative estimate of drug-likeness (QED) is 0.336. The number of aliphatic hydroxyl groups excluding tert-OH is 2. The summed E-state index contributed by atoms with van der Waals surface area (Å²) in [7, 11) is 9.98. The van der Waals surface area contributed by atoms with Crippen LogP contribution in [0.5, 0.6) is 0 Å². The van der Waals surface area contributed by atoms with Gasteiger partial charge >= 0.3 is 0 Å². The molecule has 4 fully saturated rings. The molecule has 0 radical (unpaired) electrons. The lowest BCUT2D eigenvalue weighted by Crippen LogP contribution is -2.74. The summed E-state index contributed by atoms with van der Waals surface area (Å²) in [6.07, 6.45) is 3.26. The Bertz CT molecular complexity index is 1940. The van der Waals surface area contributed by atoms with Crippen molar-refractivity contribution in [2.45, 2.75) is 33.9 Å². The van der Waals surface area contributed by atoms with Gasteiger partial charge in [-0.25, -0.2) is 0 Å². The number of anilines is 1. The van der Waals surface area contributed by atoms with Crippen molar-refractivity contribution in [2.24, 2.45) is 0 Å². The second kappa shape index (κ2) is 10.6. The molecule has 3 N–H and O–H groups in total. The predicted octanol–water partition coefficient (Wildman–Crippen LogP) is 2.24. The van der Waals surface area contributed by atoms with Crippen molar-refractivity contribution >= 4 is 81.5 Å². The Hall–Kier alpha value is -3.28. The first-order chi connectivity index (χ1) is 22.6. The van der Waals surface area contributed by atoms with Crippen LogP contribution in [-0.4, -0.2) is 114 Å². The van der Waals surface area contributed by atoms with E-state index in [9.17, 15) is 29.4 Å². The first-order valence-electron chi connectivity index (χ1n) is 14.8. The summed E-state index contributed by atoms with van der Waals surface area (Å²) in [6, 6.07) is 14.5. The SMILES string of the molecule is CN1C(=O)C2=C[C@]3(n4cc(C[C@@]56SSSS[C@@](CO)(C(=O)N5C)N(C)C6=O)c5ccccc54)c4ccccc4N[C@@H]3N2C(=O)[C@@H]1CO. The highest BCUT2D eigenvalue weighted by molar-refractivity contribution is 9.26. The number of carbonyl (C=O) groups excluding carboxylic acids is 4. The average molecular weight is 711 g/mol. The van der Waals surface area contributed by atoms with Gasteiger partial charge in [-0.05, 0) is 65.0 Å². The predicted molar refractivity (Wildman–Crippen MR) is 184 cm³/mol. The van der Waals surface area contributed by atoms with E-state index in [4.69, 9.17) is 0 Å². The first kappa shape index (κ1) is 31.0. The lowest BCUT2D eigenvalue weighted by Gasteiger charge is -2.54. The molecule has 0 spiro atoms. The maximum absolute atomic E-state index is 14.3. The highest BCUT2D eigenvalue weighted by Gasteiger charge is 2.64. The van der Waals surface area contributed by atoms with Crippen LogP contribution < -0.4 is 5.32 Å². The fourth-order valence-corrected chi connectivity index (χ4v) is 15.3. The molecule has 47 heavy (non-hydrogen) atoms. The molecule has 2 aromatic carbocycles. The fraction of sp³-hybridized carbons (Fsp3) is 0.355. The second-order valence-electron chi connectivity index (χ2n) is 12.2. The van der Waals surface area contributed by atoms with Crippen molar-refractivity contribution in [3.8, 4) is 0 Å². The number of hydrogen-bond donors (Lipinski definition) is 3. The Balaban J connectivity index is 1.33. The van der Waals surface area contributed by atoms with Crippen LogP contribution in [-0.2, 0) is 31.1 Å². The maximum Gasteiger partial charge on any atom is 0.270 e. The number of likely N-dealkylation sites (N-methyl/N-ethyl adjacent to an activating group) is 3. The highest BCUT2D eigenvalue weighted by Crippen LogP contribution is 2.61. The molecule has 3 aromatic rings.